The highest BCUT2D eigenvalue weighted by Gasteiger charge is 2.63. The van der Waals surface area contributed by atoms with Crippen molar-refractivity contribution in [2.45, 2.75) is 78.6 Å². The molecule has 1 aromatic rings. The molecule has 1 aromatic carbocycles. The third-order valence-electron chi connectivity index (χ3n) is 6.13. The van der Waals surface area contributed by atoms with Crippen molar-refractivity contribution in [2.75, 3.05) is 0 Å². The van der Waals surface area contributed by atoms with E-state index >= 15 is 0 Å². The second-order valence-electron chi connectivity index (χ2n) is 10.0. The van der Waals surface area contributed by atoms with Crippen LogP contribution in [0.25, 0.3) is 0 Å². The summed E-state index contributed by atoms with van der Waals surface area (Å²) in [6.07, 6.45) is 2.48. The van der Waals surface area contributed by atoms with Gasteiger partial charge in [-0.05, 0) is 57.7 Å². The Morgan fingerprint density at radius 3 is 2.32 bits per heavy atom. The zero-order valence-electron chi connectivity index (χ0n) is 19.3. The minimum Gasteiger partial charge on any atom is -0.458 e. The summed E-state index contributed by atoms with van der Waals surface area (Å²) in [6.45, 7) is 11.3. The van der Waals surface area contributed by atoms with Gasteiger partial charge in [0.25, 0.3) is 0 Å². The van der Waals surface area contributed by atoms with E-state index in [1.54, 1.807) is 0 Å². The normalized spacial score (nSPS) is 28.1. The first-order valence-electron chi connectivity index (χ1n) is 11.2. The third kappa shape index (κ3) is 5.28. The summed E-state index contributed by atoms with van der Waals surface area (Å²) < 4.78 is 16.0. The number of carbonyl (C=O) groups is 3. The molecule has 0 amide bonds. The minimum absolute atomic E-state index is 0.0828. The van der Waals surface area contributed by atoms with E-state index in [4.69, 9.17) is 14.2 Å². The van der Waals surface area contributed by atoms with E-state index in [-0.39, 0.29) is 42.0 Å². The Labute approximate surface area is 184 Å². The number of hydrogen-bond donors (Lipinski definition) is 0. The van der Waals surface area contributed by atoms with Crippen LogP contribution in [-0.2, 0) is 30.2 Å². The molecule has 2 aliphatic carbocycles. The summed E-state index contributed by atoms with van der Waals surface area (Å²) in [7, 11) is 0. The van der Waals surface area contributed by atoms with Crippen LogP contribution in [-0.4, -0.2) is 35.7 Å². The van der Waals surface area contributed by atoms with Crippen molar-refractivity contribution in [1.29, 1.82) is 0 Å². The fourth-order valence-corrected chi connectivity index (χ4v) is 4.55. The Kier molecular flexibility index (Phi) is 6.77. The predicted octanol–water partition coefficient (Wildman–Crippen LogP) is 4.34. The molecule has 0 N–H and O–H groups in total. The maximum Gasteiger partial charge on any atom is 0.338 e. The largest absolute Gasteiger partial charge is 0.458 e. The number of rotatable bonds is 4. The fraction of sp³-hybridized carbons (Fsp3) is 0.640. The Hall–Kier alpha value is -2.37. The summed E-state index contributed by atoms with van der Waals surface area (Å²) in [5.41, 5.74) is 1.41. The van der Waals surface area contributed by atoms with E-state index in [0.29, 0.717) is 17.4 Å². The molecule has 1 saturated heterocycles. The molecule has 4 rings (SSSR count). The predicted molar refractivity (Wildman–Crippen MR) is 115 cm³/mol. The first-order valence-corrected chi connectivity index (χ1v) is 11.2. The molecule has 0 spiro atoms. The lowest BCUT2D eigenvalue weighted by molar-refractivity contribution is -0.164. The van der Waals surface area contributed by atoms with Gasteiger partial charge in [0.05, 0.1) is 17.4 Å². The zero-order chi connectivity index (χ0) is 22.9. The maximum atomic E-state index is 11.6. The van der Waals surface area contributed by atoms with Crippen LogP contribution in [0.2, 0.25) is 0 Å². The number of benzene rings is 1. The molecule has 6 heteroatoms. The molecule has 5 unspecified atom stereocenters. The summed E-state index contributed by atoms with van der Waals surface area (Å²) in [6, 6.07) is 7.54. The van der Waals surface area contributed by atoms with E-state index in [9.17, 15) is 14.4 Å². The van der Waals surface area contributed by atoms with Gasteiger partial charge in [0.1, 0.15) is 17.8 Å². The molecule has 3 fully saturated rings. The molecule has 5 atom stereocenters. The van der Waals surface area contributed by atoms with Gasteiger partial charge in [-0.2, -0.15) is 0 Å². The number of carbonyl (C=O) groups excluding carboxylic acids is 3. The van der Waals surface area contributed by atoms with Gasteiger partial charge in [-0.25, -0.2) is 4.79 Å². The topological polar surface area (TPSA) is 78.9 Å². The first kappa shape index (κ1) is 23.3. The lowest BCUT2D eigenvalue weighted by Gasteiger charge is -2.25. The Morgan fingerprint density at radius 1 is 1.13 bits per heavy atom. The summed E-state index contributed by atoms with van der Waals surface area (Å²) in [5.74, 6) is 0.0930. The Morgan fingerprint density at radius 2 is 1.77 bits per heavy atom. The van der Waals surface area contributed by atoms with Crippen molar-refractivity contribution >= 4 is 17.9 Å². The van der Waals surface area contributed by atoms with Gasteiger partial charge >= 0.3 is 17.9 Å². The Bertz CT molecular complexity index is 819. The SMILES string of the molecule is CC(C)C(=O)OC1C2CC3C(=O)OC1C3C2.CCc1ccc(C(=O)OC(C)(C)C)cc1. The quantitative estimate of drug-likeness (QED) is 0.522. The van der Waals surface area contributed by atoms with Gasteiger partial charge in [0.15, 0.2) is 0 Å². The van der Waals surface area contributed by atoms with Crippen LogP contribution >= 0.6 is 0 Å². The molecular weight excluding hydrogens is 396 g/mol. The minimum atomic E-state index is -0.430. The lowest BCUT2D eigenvalue weighted by atomic mass is 9.88. The standard InChI is InChI=1S/C13H18O2.C12H16O4/c1-5-10-6-8-11(9-7-10)12(14)15-13(2,3)4;1-5(2)11(13)15-9-6-3-7-8(4-6)12(14)16-10(7)9/h6-9H,5H2,1-4H3;5-10H,3-4H2,1-2H3. The van der Waals surface area contributed by atoms with Crippen LogP contribution in [0.15, 0.2) is 24.3 Å². The number of aryl methyl sites for hydroxylation is 1. The smallest absolute Gasteiger partial charge is 0.338 e. The van der Waals surface area contributed by atoms with Crippen LogP contribution in [0.3, 0.4) is 0 Å². The summed E-state index contributed by atoms with van der Waals surface area (Å²) in [5, 5.41) is 0. The first-order chi connectivity index (χ1) is 14.5. The van der Waals surface area contributed by atoms with E-state index in [0.717, 1.165) is 19.3 Å². The molecule has 31 heavy (non-hydrogen) atoms. The summed E-state index contributed by atoms with van der Waals surface area (Å²) in [4.78, 5) is 34.7. The fourth-order valence-electron chi connectivity index (χ4n) is 4.55. The van der Waals surface area contributed by atoms with Crippen LogP contribution in [0, 0.1) is 23.7 Å². The van der Waals surface area contributed by atoms with E-state index in [2.05, 4.69) is 6.92 Å². The number of fused-ring (bicyclic) bond motifs is 1. The van der Waals surface area contributed by atoms with Crippen molar-refractivity contribution in [3.63, 3.8) is 0 Å². The van der Waals surface area contributed by atoms with E-state index in [1.165, 1.54) is 5.56 Å². The highest BCUT2D eigenvalue weighted by Crippen LogP contribution is 2.55. The molecule has 2 bridgehead atoms. The van der Waals surface area contributed by atoms with Gasteiger partial charge in [0.2, 0.25) is 0 Å². The van der Waals surface area contributed by atoms with Crippen LogP contribution in [0.1, 0.15) is 70.3 Å². The van der Waals surface area contributed by atoms with E-state index < -0.39 is 5.60 Å². The van der Waals surface area contributed by atoms with Gasteiger partial charge in [-0.3, -0.25) is 9.59 Å². The number of hydrogen-bond acceptors (Lipinski definition) is 6. The highest BCUT2D eigenvalue weighted by molar-refractivity contribution is 5.89. The molecule has 6 nitrogen and oxygen atoms in total. The van der Waals surface area contributed by atoms with Gasteiger partial charge < -0.3 is 14.2 Å². The third-order valence-corrected chi connectivity index (χ3v) is 6.13. The zero-order valence-corrected chi connectivity index (χ0v) is 19.3. The van der Waals surface area contributed by atoms with Gasteiger partial charge in [-0.15, -0.1) is 0 Å². The second kappa shape index (κ2) is 9.01. The molecule has 1 aliphatic heterocycles. The van der Waals surface area contributed by atoms with Crippen LogP contribution in [0.5, 0.6) is 0 Å². The average molecular weight is 431 g/mol. The second-order valence-corrected chi connectivity index (χ2v) is 10.0. The van der Waals surface area contributed by atoms with Crippen molar-refractivity contribution in [1.82, 2.24) is 0 Å². The van der Waals surface area contributed by atoms with Crippen molar-refractivity contribution in [3.8, 4) is 0 Å². The maximum absolute atomic E-state index is 11.6. The summed E-state index contributed by atoms with van der Waals surface area (Å²) >= 11 is 0. The average Bonchev–Trinajstić information content (AvgIpc) is 3.32. The van der Waals surface area contributed by atoms with Crippen LogP contribution in [0.4, 0.5) is 0 Å². The number of ether oxygens (including phenoxy) is 3. The molecule has 0 aromatic heterocycles. The van der Waals surface area contributed by atoms with Crippen molar-refractivity contribution < 1.29 is 28.6 Å². The molecule has 1 heterocycles. The van der Waals surface area contributed by atoms with Crippen molar-refractivity contribution in [2.24, 2.45) is 23.7 Å². The molecule has 3 aliphatic rings. The van der Waals surface area contributed by atoms with Gasteiger partial charge in [-0.1, -0.05) is 32.9 Å². The Balaban J connectivity index is 0.000000176. The lowest BCUT2D eigenvalue weighted by Crippen LogP contribution is -2.36. The number of esters is 3. The monoisotopic (exact) mass is 430 g/mol. The highest BCUT2D eigenvalue weighted by atomic mass is 16.6. The molecular formula is C25H34O6. The molecule has 0 radical (unpaired) electrons. The van der Waals surface area contributed by atoms with Crippen LogP contribution < -0.4 is 0 Å². The molecule has 170 valence electrons. The molecule has 2 saturated carbocycles. The van der Waals surface area contributed by atoms with Gasteiger partial charge in [0, 0.05) is 11.8 Å². The van der Waals surface area contributed by atoms with E-state index in [1.807, 2.05) is 58.9 Å². The van der Waals surface area contributed by atoms with Crippen molar-refractivity contribution in [3.05, 3.63) is 35.4 Å².